The van der Waals surface area contributed by atoms with Crippen molar-refractivity contribution < 1.29 is 4.92 Å². The fourth-order valence-corrected chi connectivity index (χ4v) is 3.65. The lowest BCUT2D eigenvalue weighted by Crippen LogP contribution is -2.39. The van der Waals surface area contributed by atoms with Gasteiger partial charge in [-0.3, -0.25) is 10.1 Å². The minimum atomic E-state index is -0.538. The molecule has 0 radical (unpaired) electrons. The highest BCUT2D eigenvalue weighted by molar-refractivity contribution is 5.74. The van der Waals surface area contributed by atoms with E-state index in [-0.39, 0.29) is 17.3 Å². The number of benzene rings is 1. The monoisotopic (exact) mass is 370 g/mol. The zero-order valence-corrected chi connectivity index (χ0v) is 16.2. The lowest BCUT2D eigenvalue weighted by Gasteiger charge is -2.35. The molecule has 8 nitrogen and oxygen atoms in total. The molecule has 2 atom stereocenters. The molecule has 1 aliphatic rings. The minimum absolute atomic E-state index is 0.122. The van der Waals surface area contributed by atoms with E-state index in [9.17, 15) is 10.1 Å². The number of piperidine rings is 1. The van der Waals surface area contributed by atoms with Crippen molar-refractivity contribution >= 4 is 29.0 Å². The van der Waals surface area contributed by atoms with Crippen LogP contribution in [-0.2, 0) is 0 Å². The first-order chi connectivity index (χ1) is 12.7. The minimum Gasteiger partial charge on any atom is -0.378 e. The molecule has 0 aliphatic carbocycles. The number of aromatic nitrogens is 2. The van der Waals surface area contributed by atoms with E-state index in [1.807, 2.05) is 32.0 Å². The average molecular weight is 370 g/mol. The Kier molecular flexibility index (Phi) is 5.16. The number of aryl methyl sites for hydroxylation is 2. The third-order valence-electron chi connectivity index (χ3n) is 5.00. The summed E-state index contributed by atoms with van der Waals surface area (Å²) in [7, 11) is 0. The number of anilines is 4. The number of nitrogens with zero attached hydrogens (tertiary/aromatic N) is 4. The van der Waals surface area contributed by atoms with Crippen LogP contribution in [0.4, 0.5) is 29.0 Å². The van der Waals surface area contributed by atoms with Crippen molar-refractivity contribution in [2.75, 3.05) is 29.0 Å². The van der Waals surface area contributed by atoms with Crippen molar-refractivity contribution in [2.45, 2.75) is 34.1 Å². The molecule has 2 aromatic rings. The predicted octanol–water partition coefficient (Wildman–Crippen LogP) is 3.81. The molecular formula is C19H26N6O2. The molecule has 1 aliphatic heterocycles. The molecule has 0 bridgehead atoms. The highest BCUT2D eigenvalue weighted by Gasteiger charge is 2.28. The second-order valence-electron chi connectivity index (χ2n) is 7.64. The van der Waals surface area contributed by atoms with Crippen LogP contribution in [0.25, 0.3) is 0 Å². The summed E-state index contributed by atoms with van der Waals surface area (Å²) in [6.07, 6.45) is 1.15. The van der Waals surface area contributed by atoms with Crippen molar-refractivity contribution in [1.29, 1.82) is 0 Å². The molecule has 3 N–H and O–H groups in total. The molecule has 0 spiro atoms. The fraction of sp³-hybridized carbons (Fsp3) is 0.474. The Morgan fingerprint density at radius 1 is 1.19 bits per heavy atom. The van der Waals surface area contributed by atoms with Gasteiger partial charge in [0.15, 0.2) is 0 Å². The Hall–Kier alpha value is -2.90. The number of nitrogens with one attached hydrogen (secondary N) is 1. The van der Waals surface area contributed by atoms with Gasteiger partial charge < -0.3 is 16.0 Å². The van der Waals surface area contributed by atoms with Gasteiger partial charge in [0.25, 0.3) is 0 Å². The maximum absolute atomic E-state index is 11.5. The number of nitrogens with two attached hydrogens (primary N) is 1. The van der Waals surface area contributed by atoms with Gasteiger partial charge in [-0.1, -0.05) is 19.9 Å². The topological polar surface area (TPSA) is 110 Å². The Bertz CT molecular complexity index is 860. The molecular weight excluding hydrogens is 344 g/mol. The van der Waals surface area contributed by atoms with Gasteiger partial charge in [-0.05, 0) is 55.4 Å². The number of hydrogen-bond acceptors (Lipinski definition) is 7. The summed E-state index contributed by atoms with van der Waals surface area (Å²) >= 11 is 0. The van der Waals surface area contributed by atoms with Gasteiger partial charge in [-0.25, -0.2) is 0 Å². The summed E-state index contributed by atoms with van der Waals surface area (Å²) in [5.41, 5.74) is 8.61. The summed E-state index contributed by atoms with van der Waals surface area (Å²) in [5, 5.41) is 14.6. The van der Waals surface area contributed by atoms with Gasteiger partial charge >= 0.3 is 5.69 Å². The van der Waals surface area contributed by atoms with Crippen molar-refractivity contribution in [3.05, 3.63) is 39.4 Å². The van der Waals surface area contributed by atoms with E-state index in [0.29, 0.717) is 17.8 Å². The molecule has 0 unspecified atom stereocenters. The molecule has 0 saturated carbocycles. The molecule has 8 heteroatoms. The van der Waals surface area contributed by atoms with Crippen molar-refractivity contribution in [3.63, 3.8) is 0 Å². The van der Waals surface area contributed by atoms with Gasteiger partial charge in [0.05, 0.1) is 4.92 Å². The normalized spacial score (nSPS) is 19.8. The molecule has 0 amide bonds. The summed E-state index contributed by atoms with van der Waals surface area (Å²) in [4.78, 5) is 21.8. The highest BCUT2D eigenvalue weighted by Crippen LogP contribution is 2.34. The second-order valence-corrected chi connectivity index (χ2v) is 7.64. The number of nitrogen functional groups attached to an aromatic ring is 1. The number of hydrogen-bond donors (Lipinski definition) is 2. The van der Waals surface area contributed by atoms with Crippen LogP contribution in [0, 0.1) is 35.8 Å². The van der Waals surface area contributed by atoms with Crippen LogP contribution in [0.1, 0.15) is 31.4 Å². The summed E-state index contributed by atoms with van der Waals surface area (Å²) in [5.74, 6) is 1.44. The molecule has 1 aromatic carbocycles. The number of rotatable bonds is 4. The van der Waals surface area contributed by atoms with E-state index in [1.54, 1.807) is 0 Å². The lowest BCUT2D eigenvalue weighted by molar-refractivity contribution is -0.383. The summed E-state index contributed by atoms with van der Waals surface area (Å²) in [6, 6.07) is 5.76. The van der Waals surface area contributed by atoms with Crippen LogP contribution in [0.3, 0.4) is 0 Å². The maximum atomic E-state index is 11.5. The average Bonchev–Trinajstić information content (AvgIpc) is 2.56. The maximum Gasteiger partial charge on any atom is 0.353 e. The molecule has 144 valence electrons. The van der Waals surface area contributed by atoms with Gasteiger partial charge in [0.1, 0.15) is 0 Å². The van der Waals surface area contributed by atoms with Gasteiger partial charge in [0.2, 0.25) is 17.6 Å². The molecule has 2 heterocycles. The van der Waals surface area contributed by atoms with E-state index in [4.69, 9.17) is 5.73 Å². The van der Waals surface area contributed by atoms with E-state index < -0.39 is 4.92 Å². The smallest absolute Gasteiger partial charge is 0.353 e. The quantitative estimate of drug-likeness (QED) is 0.622. The third-order valence-corrected chi connectivity index (χ3v) is 5.00. The van der Waals surface area contributed by atoms with Gasteiger partial charge in [-0.15, -0.1) is 0 Å². The van der Waals surface area contributed by atoms with Crippen LogP contribution in [-0.4, -0.2) is 28.0 Å². The first kappa shape index (κ1) is 18.9. The number of nitro groups is 1. The second kappa shape index (κ2) is 7.38. The lowest BCUT2D eigenvalue weighted by atomic mass is 9.92. The third kappa shape index (κ3) is 4.10. The SMILES string of the molecule is Cc1ccc(Nc2nc(N3C[C@H](C)C[C@H](C)C3)nc(N)c2[N+](=O)[O-])cc1C. The summed E-state index contributed by atoms with van der Waals surface area (Å²) in [6.45, 7) is 10.00. The van der Waals surface area contributed by atoms with E-state index in [0.717, 1.165) is 36.3 Å². The Balaban J connectivity index is 2.01. The zero-order valence-electron chi connectivity index (χ0n) is 16.2. The molecule has 3 rings (SSSR count). The van der Waals surface area contributed by atoms with Crippen molar-refractivity contribution in [3.8, 4) is 0 Å². The van der Waals surface area contributed by atoms with Crippen LogP contribution in [0.2, 0.25) is 0 Å². The van der Waals surface area contributed by atoms with E-state index in [2.05, 4.69) is 34.0 Å². The van der Waals surface area contributed by atoms with Crippen molar-refractivity contribution in [2.24, 2.45) is 11.8 Å². The molecule has 1 aromatic heterocycles. The van der Waals surface area contributed by atoms with Gasteiger partial charge in [0, 0.05) is 18.8 Å². The first-order valence-corrected chi connectivity index (χ1v) is 9.15. The molecule has 1 saturated heterocycles. The van der Waals surface area contributed by atoms with Crippen LogP contribution >= 0.6 is 0 Å². The van der Waals surface area contributed by atoms with E-state index >= 15 is 0 Å². The molecule has 27 heavy (non-hydrogen) atoms. The highest BCUT2D eigenvalue weighted by atomic mass is 16.6. The van der Waals surface area contributed by atoms with Crippen LogP contribution in [0.5, 0.6) is 0 Å². The van der Waals surface area contributed by atoms with Gasteiger partial charge in [-0.2, -0.15) is 9.97 Å². The first-order valence-electron chi connectivity index (χ1n) is 9.15. The van der Waals surface area contributed by atoms with E-state index in [1.165, 1.54) is 0 Å². The largest absolute Gasteiger partial charge is 0.378 e. The Morgan fingerprint density at radius 2 is 1.85 bits per heavy atom. The summed E-state index contributed by atoms with van der Waals surface area (Å²) < 4.78 is 0. The van der Waals surface area contributed by atoms with Crippen molar-refractivity contribution in [1.82, 2.24) is 9.97 Å². The fourth-order valence-electron chi connectivity index (χ4n) is 3.65. The van der Waals surface area contributed by atoms with Crippen LogP contribution < -0.4 is 16.0 Å². The zero-order chi connectivity index (χ0) is 19.7. The Morgan fingerprint density at radius 3 is 2.44 bits per heavy atom. The standard InChI is InChI=1S/C19H26N6O2/c1-11-7-12(2)10-24(9-11)19-22-17(20)16(25(26)27)18(23-19)21-15-6-5-13(3)14(4)8-15/h5-6,8,11-12H,7,9-10H2,1-4H3,(H3,20,21,22,23)/t11-,12+. The van der Waals surface area contributed by atoms with Crippen LogP contribution in [0.15, 0.2) is 18.2 Å². The predicted molar refractivity (Wildman–Crippen MR) is 107 cm³/mol. The molecule has 1 fully saturated rings. The Labute approximate surface area is 159 Å².